The van der Waals surface area contributed by atoms with E-state index in [1.54, 1.807) is 16.7 Å². The van der Waals surface area contributed by atoms with Crippen LogP contribution in [0.3, 0.4) is 0 Å². The van der Waals surface area contributed by atoms with Crippen LogP contribution in [0.2, 0.25) is 0 Å². The fourth-order valence-electron chi connectivity index (χ4n) is 4.55. The number of Topliss-reactive ketones (excluding diaryl/α,β-unsaturated/α-hetero) is 1. The van der Waals surface area contributed by atoms with Crippen molar-refractivity contribution in [3.05, 3.63) is 48.0 Å². The second-order valence-corrected chi connectivity index (χ2v) is 8.65. The number of fused-ring (bicyclic) bond motifs is 1. The first-order chi connectivity index (χ1) is 16.5. The lowest BCUT2D eigenvalue weighted by atomic mass is 10.1. The van der Waals surface area contributed by atoms with E-state index >= 15 is 0 Å². The molecular formula is C25H28N4O5. The second kappa shape index (κ2) is 9.24. The van der Waals surface area contributed by atoms with Gasteiger partial charge >= 0.3 is 6.03 Å². The normalized spacial score (nSPS) is 17.9. The lowest BCUT2D eigenvalue weighted by Gasteiger charge is -2.36. The number of hydrogen-bond acceptors (Lipinski definition) is 6. The highest BCUT2D eigenvalue weighted by Gasteiger charge is 2.33. The molecule has 0 radical (unpaired) electrons. The monoisotopic (exact) mass is 464 g/mol. The van der Waals surface area contributed by atoms with E-state index in [4.69, 9.17) is 9.47 Å². The van der Waals surface area contributed by atoms with Crippen molar-refractivity contribution in [3.63, 3.8) is 0 Å². The fraction of sp³-hybridized carbons (Fsp3) is 0.400. The molecule has 178 valence electrons. The molecular weight excluding hydrogens is 436 g/mol. The van der Waals surface area contributed by atoms with Crippen LogP contribution in [0.25, 0.3) is 0 Å². The van der Waals surface area contributed by atoms with E-state index in [0.29, 0.717) is 69.5 Å². The molecule has 3 amide bonds. The summed E-state index contributed by atoms with van der Waals surface area (Å²) < 4.78 is 11.2. The number of benzene rings is 2. The molecule has 0 aliphatic carbocycles. The number of amides is 3. The molecule has 0 N–H and O–H groups in total. The minimum atomic E-state index is -0.172. The van der Waals surface area contributed by atoms with Crippen LogP contribution in [0, 0.1) is 0 Å². The average Bonchev–Trinajstić information content (AvgIpc) is 3.23. The third kappa shape index (κ3) is 4.37. The van der Waals surface area contributed by atoms with Gasteiger partial charge in [0, 0.05) is 62.3 Å². The second-order valence-electron chi connectivity index (χ2n) is 8.65. The lowest BCUT2D eigenvalue weighted by Crippen LogP contribution is -2.51. The molecule has 0 unspecified atom stereocenters. The van der Waals surface area contributed by atoms with Crippen LogP contribution in [0.15, 0.2) is 42.5 Å². The summed E-state index contributed by atoms with van der Waals surface area (Å²) >= 11 is 0. The zero-order valence-corrected chi connectivity index (χ0v) is 19.2. The lowest BCUT2D eigenvalue weighted by molar-refractivity contribution is -0.131. The van der Waals surface area contributed by atoms with Crippen LogP contribution in [-0.4, -0.2) is 86.5 Å². The molecule has 2 aromatic rings. The summed E-state index contributed by atoms with van der Waals surface area (Å²) in [6.07, 6.45) is 0. The van der Waals surface area contributed by atoms with E-state index in [1.807, 2.05) is 47.4 Å². The summed E-state index contributed by atoms with van der Waals surface area (Å²) in [7, 11) is 0. The first kappa shape index (κ1) is 22.1. The predicted octanol–water partition coefficient (Wildman–Crippen LogP) is 2.25. The number of urea groups is 1. The first-order valence-corrected chi connectivity index (χ1v) is 11.6. The molecule has 3 aliphatic rings. The molecule has 3 aliphatic heterocycles. The topological polar surface area (TPSA) is 82.6 Å². The van der Waals surface area contributed by atoms with E-state index < -0.39 is 0 Å². The van der Waals surface area contributed by atoms with E-state index in [2.05, 4.69) is 4.90 Å². The van der Waals surface area contributed by atoms with Gasteiger partial charge in [0.05, 0.1) is 0 Å². The number of nitrogens with zero attached hydrogens (tertiary/aromatic N) is 4. The summed E-state index contributed by atoms with van der Waals surface area (Å²) in [5.41, 5.74) is 2.48. The Bertz CT molecular complexity index is 1090. The number of carbonyl (C=O) groups excluding carboxylic acids is 3. The van der Waals surface area contributed by atoms with Crippen molar-refractivity contribution in [2.45, 2.75) is 6.92 Å². The van der Waals surface area contributed by atoms with E-state index in [1.165, 1.54) is 0 Å². The highest BCUT2D eigenvalue weighted by Crippen LogP contribution is 2.35. The quantitative estimate of drug-likeness (QED) is 0.632. The smallest absolute Gasteiger partial charge is 0.325 e. The SMILES string of the molecule is CC(=O)c1ccc(N2CCN(C(=O)CN3CCN(c4ccc5c(c4)OCCO5)C3=O)CC2)cc1. The van der Waals surface area contributed by atoms with Gasteiger partial charge in [0.15, 0.2) is 17.3 Å². The van der Waals surface area contributed by atoms with Crippen molar-refractivity contribution in [2.24, 2.45) is 0 Å². The summed E-state index contributed by atoms with van der Waals surface area (Å²) in [5.74, 6) is 1.33. The van der Waals surface area contributed by atoms with Gasteiger partial charge in [-0.3, -0.25) is 14.5 Å². The maximum Gasteiger partial charge on any atom is 0.325 e. The van der Waals surface area contributed by atoms with Crippen LogP contribution >= 0.6 is 0 Å². The van der Waals surface area contributed by atoms with Gasteiger partial charge in [-0.15, -0.1) is 0 Å². The summed E-state index contributed by atoms with van der Waals surface area (Å²) in [6.45, 7) is 6.28. The summed E-state index contributed by atoms with van der Waals surface area (Å²) in [4.78, 5) is 44.7. The standard InChI is InChI=1S/C25H28N4O5/c1-18(30)19-2-4-20(5-3-19)26-8-10-27(11-9-26)24(31)17-28-12-13-29(25(28)32)21-6-7-22-23(16-21)34-15-14-33-22/h2-7,16H,8-15,17H2,1H3. The molecule has 2 aromatic carbocycles. The molecule has 3 heterocycles. The van der Waals surface area contributed by atoms with Crippen molar-refractivity contribution in [1.82, 2.24) is 9.80 Å². The molecule has 0 saturated carbocycles. The first-order valence-electron chi connectivity index (χ1n) is 11.6. The maximum atomic E-state index is 13.0. The molecule has 9 heteroatoms. The number of ether oxygens (including phenoxy) is 2. The molecule has 0 bridgehead atoms. The highest BCUT2D eigenvalue weighted by atomic mass is 16.6. The molecule has 0 atom stereocenters. The Hall–Kier alpha value is -3.75. The number of anilines is 2. The van der Waals surface area contributed by atoms with Crippen molar-refractivity contribution < 1.29 is 23.9 Å². The van der Waals surface area contributed by atoms with E-state index in [9.17, 15) is 14.4 Å². The Morgan fingerprint density at radius 2 is 1.50 bits per heavy atom. The zero-order chi connectivity index (χ0) is 23.7. The number of ketones is 1. The van der Waals surface area contributed by atoms with Crippen molar-refractivity contribution in [3.8, 4) is 11.5 Å². The number of carbonyl (C=O) groups is 3. The van der Waals surface area contributed by atoms with Crippen LogP contribution in [0.5, 0.6) is 11.5 Å². The largest absolute Gasteiger partial charge is 0.486 e. The Labute approximate surface area is 198 Å². The van der Waals surface area contributed by atoms with Crippen molar-refractivity contribution in [1.29, 1.82) is 0 Å². The molecule has 2 saturated heterocycles. The molecule has 0 aromatic heterocycles. The average molecular weight is 465 g/mol. The van der Waals surface area contributed by atoms with Gasteiger partial charge in [-0.1, -0.05) is 0 Å². The minimum absolute atomic E-state index is 0.0380. The third-order valence-electron chi connectivity index (χ3n) is 6.53. The van der Waals surface area contributed by atoms with Gasteiger partial charge in [-0.25, -0.2) is 4.79 Å². The maximum absolute atomic E-state index is 13.0. The number of piperazine rings is 1. The summed E-state index contributed by atoms with van der Waals surface area (Å²) in [5, 5.41) is 0. The molecule has 5 rings (SSSR count). The van der Waals surface area contributed by atoms with Gasteiger partial charge in [0.2, 0.25) is 5.91 Å². The van der Waals surface area contributed by atoms with Gasteiger partial charge in [-0.2, -0.15) is 0 Å². The minimum Gasteiger partial charge on any atom is -0.486 e. The van der Waals surface area contributed by atoms with Crippen LogP contribution in [0.4, 0.5) is 16.2 Å². The van der Waals surface area contributed by atoms with Gasteiger partial charge in [0.1, 0.15) is 19.8 Å². The third-order valence-corrected chi connectivity index (χ3v) is 6.53. The molecule has 0 spiro atoms. The van der Waals surface area contributed by atoms with Crippen molar-refractivity contribution >= 4 is 29.1 Å². The van der Waals surface area contributed by atoms with Gasteiger partial charge in [-0.05, 0) is 43.3 Å². The Kier molecular flexibility index (Phi) is 6.00. The number of hydrogen-bond donors (Lipinski definition) is 0. The molecule has 2 fully saturated rings. The zero-order valence-electron chi connectivity index (χ0n) is 19.2. The Morgan fingerprint density at radius 1 is 0.824 bits per heavy atom. The molecule has 9 nitrogen and oxygen atoms in total. The predicted molar refractivity (Wildman–Crippen MR) is 127 cm³/mol. The highest BCUT2D eigenvalue weighted by molar-refractivity contribution is 5.97. The molecule has 34 heavy (non-hydrogen) atoms. The van der Waals surface area contributed by atoms with Crippen LogP contribution in [0.1, 0.15) is 17.3 Å². The van der Waals surface area contributed by atoms with Crippen LogP contribution in [-0.2, 0) is 4.79 Å². The van der Waals surface area contributed by atoms with E-state index in [0.717, 1.165) is 11.4 Å². The Morgan fingerprint density at radius 3 is 2.21 bits per heavy atom. The van der Waals surface area contributed by atoms with Crippen molar-refractivity contribution in [2.75, 3.05) is 68.8 Å². The fourth-order valence-corrected chi connectivity index (χ4v) is 4.55. The number of rotatable bonds is 5. The summed E-state index contributed by atoms with van der Waals surface area (Å²) in [6, 6.07) is 12.9. The van der Waals surface area contributed by atoms with Gasteiger partial charge < -0.3 is 24.2 Å². The Balaban J connectivity index is 1.15. The van der Waals surface area contributed by atoms with Gasteiger partial charge in [0.25, 0.3) is 0 Å². The van der Waals surface area contributed by atoms with E-state index in [-0.39, 0.29) is 24.3 Å². The van der Waals surface area contributed by atoms with Crippen LogP contribution < -0.4 is 19.3 Å².